The Morgan fingerprint density at radius 1 is 1.17 bits per heavy atom. The first-order chi connectivity index (χ1) is 20.4. The van der Waals surface area contributed by atoms with E-state index in [1.54, 1.807) is 25.3 Å². The Bertz CT molecular complexity index is 1680. The summed E-state index contributed by atoms with van der Waals surface area (Å²) in [4.78, 5) is 4.47. The van der Waals surface area contributed by atoms with Crippen LogP contribution in [0.4, 0.5) is 15.8 Å². The molecule has 1 aromatic heterocycles. The monoisotopic (exact) mass is 570 g/mol. The molecular weight excluding hydrogens is 541 g/mol. The number of fused-ring (bicyclic) bond motifs is 1. The minimum atomic E-state index is -1.54. The minimum absolute atomic E-state index is 0.258. The van der Waals surface area contributed by atoms with Gasteiger partial charge >= 0.3 is 0 Å². The van der Waals surface area contributed by atoms with Crippen molar-refractivity contribution in [3.8, 4) is 6.07 Å². The van der Waals surface area contributed by atoms with Gasteiger partial charge in [-0.3, -0.25) is 9.99 Å². The third kappa shape index (κ3) is 5.77. The molecule has 1 aliphatic heterocycles. The molecule has 1 saturated carbocycles. The number of hydrazine groups is 2. The number of anilines is 2. The minimum Gasteiger partial charge on any atom is -0.382 e. The molecule has 2 aliphatic rings. The maximum Gasteiger partial charge on any atom is 0.123 e. The molecule has 208 valence electrons. The average Bonchev–Trinajstić information content (AvgIpc) is 3.73. The second-order valence-corrected chi connectivity index (χ2v) is 10.4. The number of hydrogen-bond acceptors (Lipinski definition) is 8. The summed E-state index contributed by atoms with van der Waals surface area (Å²) in [5.41, 5.74) is 10.2. The molecule has 1 aliphatic carbocycles. The van der Waals surface area contributed by atoms with Crippen molar-refractivity contribution in [2.75, 3.05) is 24.4 Å². The first-order valence-corrected chi connectivity index (χ1v) is 13.7. The number of hydrogen-bond donors (Lipinski definition) is 4. The summed E-state index contributed by atoms with van der Waals surface area (Å²) >= 11 is 6.77. The summed E-state index contributed by atoms with van der Waals surface area (Å²) in [6.07, 6.45) is 5.48. The van der Waals surface area contributed by atoms with E-state index in [0.717, 1.165) is 18.4 Å². The number of nitrogens with zero attached hydrogens (tertiary/aromatic N) is 3. The van der Waals surface area contributed by atoms with Crippen LogP contribution in [0.5, 0.6) is 0 Å². The number of pyridine rings is 1. The lowest BCUT2D eigenvalue weighted by molar-refractivity contribution is 0.186. The van der Waals surface area contributed by atoms with Gasteiger partial charge in [-0.2, -0.15) is 5.26 Å². The highest BCUT2D eigenvalue weighted by atomic mass is 35.5. The summed E-state index contributed by atoms with van der Waals surface area (Å²) in [6.45, 7) is 0.356. The fourth-order valence-corrected chi connectivity index (χ4v) is 5.15. The molecule has 6 rings (SSSR count). The van der Waals surface area contributed by atoms with Crippen LogP contribution in [-0.2, 0) is 4.74 Å². The van der Waals surface area contributed by atoms with Crippen molar-refractivity contribution < 1.29 is 10.5 Å². The molecule has 0 bridgehead atoms. The van der Waals surface area contributed by atoms with Crippen LogP contribution in [0.15, 0.2) is 84.8 Å². The third-order valence-electron chi connectivity index (χ3n) is 7.10. The normalized spacial score (nSPS) is 17.2. The number of methoxy groups -OCH3 is 1. The van der Waals surface area contributed by atoms with E-state index in [9.17, 15) is 11.0 Å². The van der Waals surface area contributed by atoms with Gasteiger partial charge in [0.05, 0.1) is 47.5 Å². The molecule has 1 fully saturated rings. The van der Waals surface area contributed by atoms with E-state index < -0.39 is 11.8 Å². The second kappa shape index (κ2) is 11.6. The van der Waals surface area contributed by atoms with Gasteiger partial charge in [-0.15, -0.1) is 5.53 Å². The highest BCUT2D eigenvalue weighted by Crippen LogP contribution is 2.37. The molecule has 41 heavy (non-hydrogen) atoms. The lowest BCUT2D eigenvalue weighted by Gasteiger charge is -2.24. The molecule has 0 saturated heterocycles. The van der Waals surface area contributed by atoms with E-state index in [4.69, 9.17) is 16.3 Å². The Balaban J connectivity index is 1.44. The molecule has 4 aromatic rings. The zero-order chi connectivity index (χ0) is 29.3. The van der Waals surface area contributed by atoms with E-state index in [-0.39, 0.29) is 6.04 Å². The van der Waals surface area contributed by atoms with Crippen LogP contribution in [0.25, 0.3) is 10.9 Å². The van der Waals surface area contributed by atoms with Crippen LogP contribution in [0.2, 0.25) is 5.02 Å². The number of rotatable bonds is 10. The number of aromatic nitrogens is 1. The van der Waals surface area contributed by atoms with Crippen molar-refractivity contribution in [1.82, 2.24) is 21.0 Å². The number of benzene rings is 3. The van der Waals surface area contributed by atoms with Gasteiger partial charge < -0.3 is 20.8 Å². The Kier molecular flexibility index (Phi) is 7.26. The lowest BCUT2D eigenvalue weighted by Crippen LogP contribution is -2.38. The van der Waals surface area contributed by atoms with Crippen molar-refractivity contribution in [3.63, 3.8) is 0 Å². The third-order valence-corrected chi connectivity index (χ3v) is 7.39. The molecular formula is C31H29ClFN7O. The van der Waals surface area contributed by atoms with Gasteiger partial charge in [-0.1, -0.05) is 54.1 Å². The molecule has 4 N–H and O–H groups in total. The van der Waals surface area contributed by atoms with Crippen LogP contribution in [0, 0.1) is 17.1 Å². The highest BCUT2D eigenvalue weighted by Gasteiger charge is 2.32. The summed E-state index contributed by atoms with van der Waals surface area (Å²) in [7, 11) is 1.63. The van der Waals surface area contributed by atoms with E-state index in [1.165, 1.54) is 18.3 Å². The largest absolute Gasteiger partial charge is 0.382 e. The standard InChI is InChI=1S/C31H29ClFN7O/c1-41-18-28(19-5-3-2-4-6-19)37-29-21(15-34)16-35-31-25(29)13-23(14-26(31)32)36-30(20-7-9-22(33)10-8-20)27-17-40(39-38-27)24-11-12-24/h2-10,13-14,16-17,24,28,30,36,38-39H,11-12,18H2,1H3,(H,35,37)/t28-,30+/m1/s1/i30D. The molecule has 3 aromatic carbocycles. The van der Waals surface area contributed by atoms with Gasteiger partial charge in [0, 0.05) is 36.6 Å². The molecule has 2 heterocycles. The van der Waals surface area contributed by atoms with E-state index in [0.29, 0.717) is 56.8 Å². The van der Waals surface area contributed by atoms with E-state index in [2.05, 4.69) is 32.6 Å². The summed E-state index contributed by atoms with van der Waals surface area (Å²) in [6, 6.07) is 20.0. The van der Waals surface area contributed by atoms with Crippen molar-refractivity contribution in [2.45, 2.75) is 30.9 Å². The molecule has 10 heteroatoms. The predicted molar refractivity (Wildman–Crippen MR) is 158 cm³/mol. The maximum atomic E-state index is 13.9. The van der Waals surface area contributed by atoms with Gasteiger partial charge in [0.25, 0.3) is 0 Å². The fraction of sp³-hybridized carbons (Fsp3) is 0.226. The first kappa shape index (κ1) is 25.6. The summed E-state index contributed by atoms with van der Waals surface area (Å²) in [5, 5.41) is 19.7. The number of ether oxygens (including phenoxy) is 1. The molecule has 0 amide bonds. The Morgan fingerprint density at radius 2 is 1.95 bits per heavy atom. The number of nitrogens with one attached hydrogen (secondary N) is 4. The molecule has 0 radical (unpaired) electrons. The summed E-state index contributed by atoms with van der Waals surface area (Å²) in [5.74, 6) is -0.393. The van der Waals surface area contributed by atoms with Crippen LogP contribution < -0.4 is 21.6 Å². The number of nitriles is 1. The maximum absolute atomic E-state index is 13.9. The van der Waals surface area contributed by atoms with Crippen molar-refractivity contribution in [1.29, 1.82) is 5.26 Å². The quantitative estimate of drug-likeness (QED) is 0.179. The van der Waals surface area contributed by atoms with Gasteiger partial charge in [-0.25, -0.2) is 4.39 Å². The van der Waals surface area contributed by atoms with Crippen molar-refractivity contribution >= 4 is 33.9 Å². The topological polar surface area (TPSA) is 97.3 Å². The Morgan fingerprint density at radius 3 is 2.66 bits per heavy atom. The Labute approximate surface area is 244 Å². The lowest BCUT2D eigenvalue weighted by atomic mass is 10.0. The van der Waals surface area contributed by atoms with Gasteiger partial charge in [0.15, 0.2) is 0 Å². The van der Waals surface area contributed by atoms with Crippen molar-refractivity contribution in [2.24, 2.45) is 0 Å². The molecule has 8 nitrogen and oxygen atoms in total. The van der Waals surface area contributed by atoms with Crippen LogP contribution in [-0.4, -0.2) is 29.8 Å². The average molecular weight is 571 g/mol. The molecule has 0 spiro atoms. The van der Waals surface area contributed by atoms with Gasteiger partial charge in [0.2, 0.25) is 0 Å². The smallest absolute Gasteiger partial charge is 0.123 e. The summed E-state index contributed by atoms with van der Waals surface area (Å²) < 4.78 is 29.0. The van der Waals surface area contributed by atoms with Crippen LogP contribution in [0.1, 0.15) is 43.0 Å². The van der Waals surface area contributed by atoms with E-state index >= 15 is 0 Å². The van der Waals surface area contributed by atoms with Crippen LogP contribution >= 0.6 is 11.6 Å². The predicted octanol–water partition coefficient (Wildman–Crippen LogP) is 6.18. The SMILES string of the molecule is [2H][C@@](Nc1cc(Cl)c2ncc(C#N)c(N[C@H](COC)c3ccccc3)c2c1)(C1=CN(C2CC2)NN1)c1ccc(F)cc1. The van der Waals surface area contributed by atoms with Crippen LogP contribution in [0.3, 0.4) is 0 Å². The van der Waals surface area contributed by atoms with Crippen molar-refractivity contribution in [3.05, 3.63) is 112 Å². The zero-order valence-electron chi connectivity index (χ0n) is 23.3. The molecule has 0 unspecified atom stereocenters. The van der Waals surface area contributed by atoms with Gasteiger partial charge in [-0.05, 0) is 48.2 Å². The number of halogens is 2. The fourth-order valence-electron chi connectivity index (χ4n) is 4.88. The molecule has 2 atom stereocenters. The zero-order valence-corrected chi connectivity index (χ0v) is 23.0. The highest BCUT2D eigenvalue weighted by molar-refractivity contribution is 6.35. The first-order valence-electron chi connectivity index (χ1n) is 13.8. The Hall–Kier alpha value is -4.36. The van der Waals surface area contributed by atoms with E-state index in [1.807, 2.05) is 47.6 Å². The van der Waals surface area contributed by atoms with Gasteiger partial charge in [0.1, 0.15) is 11.9 Å². The second-order valence-electron chi connectivity index (χ2n) is 10.0.